The quantitative estimate of drug-likeness (QED) is 0.355. The second-order valence-electron chi connectivity index (χ2n) is 6.90. The van der Waals surface area contributed by atoms with Gasteiger partial charge in [-0.3, -0.25) is 0 Å². The zero-order valence-corrected chi connectivity index (χ0v) is 18.7. The predicted molar refractivity (Wildman–Crippen MR) is 120 cm³/mol. The minimum Gasteiger partial charge on any atom is -0.477 e. The van der Waals surface area contributed by atoms with E-state index >= 15 is 0 Å². The molecule has 1 N–H and O–H groups in total. The van der Waals surface area contributed by atoms with Crippen LogP contribution in [0.3, 0.4) is 0 Å². The van der Waals surface area contributed by atoms with Gasteiger partial charge in [0.1, 0.15) is 0 Å². The van der Waals surface area contributed by atoms with Crippen molar-refractivity contribution in [3.63, 3.8) is 0 Å². The summed E-state index contributed by atoms with van der Waals surface area (Å²) in [6, 6.07) is 8.17. The van der Waals surface area contributed by atoms with Gasteiger partial charge in [-0.15, -0.1) is 24.0 Å². The van der Waals surface area contributed by atoms with Crippen molar-refractivity contribution in [3.8, 4) is 5.88 Å². The third-order valence-electron chi connectivity index (χ3n) is 4.52. The maximum atomic E-state index is 5.69. The summed E-state index contributed by atoms with van der Waals surface area (Å²) < 4.78 is 7.82. The molecule has 2 heterocycles. The Morgan fingerprint density at radius 3 is 2.78 bits per heavy atom. The molecule has 0 saturated heterocycles. The fourth-order valence-electron chi connectivity index (χ4n) is 2.69. The van der Waals surface area contributed by atoms with Crippen LogP contribution in [0.1, 0.15) is 31.0 Å². The molecule has 0 aliphatic heterocycles. The monoisotopic (exact) mass is 483 g/mol. The van der Waals surface area contributed by atoms with E-state index in [1.54, 1.807) is 0 Å². The van der Waals surface area contributed by atoms with Gasteiger partial charge in [-0.1, -0.05) is 6.07 Å². The molecule has 1 aliphatic rings. The van der Waals surface area contributed by atoms with E-state index in [1.165, 1.54) is 18.5 Å². The van der Waals surface area contributed by atoms with Crippen LogP contribution in [0.5, 0.6) is 5.88 Å². The van der Waals surface area contributed by atoms with Crippen molar-refractivity contribution in [2.45, 2.75) is 32.9 Å². The topological polar surface area (TPSA) is 54.7 Å². The maximum Gasteiger partial charge on any atom is 0.213 e. The molecule has 2 aromatic heterocycles. The number of nitrogens with zero attached hydrogens (tertiary/aromatic N) is 4. The first-order chi connectivity index (χ1) is 12.7. The molecule has 0 unspecified atom stereocenters. The van der Waals surface area contributed by atoms with Gasteiger partial charge in [0.2, 0.25) is 5.88 Å². The van der Waals surface area contributed by atoms with Gasteiger partial charge in [-0.25, -0.2) is 9.98 Å². The number of hydrogen-bond acceptors (Lipinski definition) is 3. The van der Waals surface area contributed by atoms with Crippen LogP contribution in [0.25, 0.3) is 0 Å². The van der Waals surface area contributed by atoms with Crippen molar-refractivity contribution >= 4 is 29.9 Å². The number of nitrogens with one attached hydrogen (secondary N) is 1. The maximum absolute atomic E-state index is 5.69. The highest BCUT2D eigenvalue weighted by Gasteiger charge is 2.22. The number of aromatic nitrogens is 2. The molecule has 1 saturated carbocycles. The van der Waals surface area contributed by atoms with E-state index in [0.717, 1.165) is 37.1 Å². The molecule has 0 atom stereocenters. The van der Waals surface area contributed by atoms with Gasteiger partial charge in [0.25, 0.3) is 0 Å². The lowest BCUT2D eigenvalue weighted by Gasteiger charge is -2.22. The van der Waals surface area contributed by atoms with Crippen molar-refractivity contribution in [3.05, 3.63) is 47.9 Å². The largest absolute Gasteiger partial charge is 0.477 e. The Hall–Kier alpha value is -1.77. The van der Waals surface area contributed by atoms with E-state index in [1.807, 2.05) is 18.3 Å². The molecule has 3 rings (SSSR count). The number of aryl methyl sites for hydroxylation is 1. The first-order valence-electron chi connectivity index (χ1n) is 9.33. The fraction of sp³-hybridized carbons (Fsp3) is 0.500. The number of hydrogen-bond donors (Lipinski definition) is 1. The highest BCUT2D eigenvalue weighted by Crippen LogP contribution is 2.29. The molecule has 148 valence electrons. The van der Waals surface area contributed by atoms with Crippen molar-refractivity contribution in [1.82, 2.24) is 19.8 Å². The second-order valence-corrected chi connectivity index (χ2v) is 6.90. The van der Waals surface area contributed by atoms with E-state index in [0.29, 0.717) is 12.4 Å². The highest BCUT2D eigenvalue weighted by atomic mass is 127. The highest BCUT2D eigenvalue weighted by molar-refractivity contribution is 14.0. The zero-order valence-electron chi connectivity index (χ0n) is 16.4. The molecule has 27 heavy (non-hydrogen) atoms. The summed E-state index contributed by atoms with van der Waals surface area (Å²) >= 11 is 0. The number of pyridine rings is 1. The Bertz CT molecular complexity index is 724. The van der Waals surface area contributed by atoms with E-state index < -0.39 is 0 Å². The van der Waals surface area contributed by atoms with E-state index in [4.69, 9.17) is 9.73 Å². The van der Waals surface area contributed by atoms with Gasteiger partial charge in [0, 0.05) is 44.8 Å². The minimum atomic E-state index is 0. The zero-order chi connectivity index (χ0) is 18.4. The van der Waals surface area contributed by atoms with Gasteiger partial charge in [0.05, 0.1) is 19.7 Å². The van der Waals surface area contributed by atoms with Gasteiger partial charge >= 0.3 is 0 Å². The molecule has 0 bridgehead atoms. The Balaban J connectivity index is 0.00000261. The van der Waals surface area contributed by atoms with Crippen LogP contribution < -0.4 is 10.1 Å². The number of guanidine groups is 1. The summed E-state index contributed by atoms with van der Waals surface area (Å²) in [6.07, 6.45) is 6.49. The normalized spacial score (nSPS) is 13.8. The van der Waals surface area contributed by atoms with E-state index in [-0.39, 0.29) is 24.0 Å². The van der Waals surface area contributed by atoms with Crippen LogP contribution in [-0.2, 0) is 20.1 Å². The minimum absolute atomic E-state index is 0. The standard InChI is InChI=1S/C20H29N5O.HI/c1-4-21-20(25(3)14-18-6-5-11-24(18)2)23-13-17-9-10-19(22-12-17)26-15-16-7-8-16;/h5-6,9-12,16H,4,7-8,13-15H2,1-3H3,(H,21,23);1H. The van der Waals surface area contributed by atoms with Crippen LogP contribution >= 0.6 is 24.0 Å². The molecule has 6 nitrogen and oxygen atoms in total. The van der Waals surface area contributed by atoms with E-state index in [9.17, 15) is 0 Å². The van der Waals surface area contributed by atoms with Crippen LogP contribution in [0, 0.1) is 5.92 Å². The molecular weight excluding hydrogens is 453 g/mol. The molecule has 0 spiro atoms. The predicted octanol–water partition coefficient (Wildman–Crippen LogP) is 3.42. The SMILES string of the molecule is CCNC(=NCc1ccc(OCC2CC2)nc1)N(C)Cc1cccn1C.I. The molecule has 0 amide bonds. The third-order valence-corrected chi connectivity index (χ3v) is 4.52. The molecule has 2 aromatic rings. The summed E-state index contributed by atoms with van der Waals surface area (Å²) in [5.41, 5.74) is 2.32. The summed E-state index contributed by atoms with van der Waals surface area (Å²) in [5, 5.41) is 3.36. The summed E-state index contributed by atoms with van der Waals surface area (Å²) in [5.74, 6) is 2.34. The van der Waals surface area contributed by atoms with Crippen LogP contribution in [0.4, 0.5) is 0 Å². The number of aliphatic imine (C=N–C) groups is 1. The van der Waals surface area contributed by atoms with Crippen LogP contribution in [0.15, 0.2) is 41.7 Å². The summed E-state index contributed by atoms with van der Waals surface area (Å²) in [7, 11) is 4.12. The smallest absolute Gasteiger partial charge is 0.213 e. The molecule has 0 aromatic carbocycles. The van der Waals surface area contributed by atoms with Crippen molar-refractivity contribution in [2.75, 3.05) is 20.2 Å². The van der Waals surface area contributed by atoms with Crippen molar-refractivity contribution in [2.24, 2.45) is 18.0 Å². The van der Waals surface area contributed by atoms with Gasteiger partial charge in [-0.05, 0) is 43.4 Å². The molecule has 1 fully saturated rings. The van der Waals surface area contributed by atoms with Gasteiger partial charge in [-0.2, -0.15) is 0 Å². The fourth-order valence-corrected chi connectivity index (χ4v) is 2.69. The average Bonchev–Trinajstić information content (AvgIpc) is 3.40. The average molecular weight is 483 g/mol. The Morgan fingerprint density at radius 2 is 2.19 bits per heavy atom. The Labute approximate surface area is 179 Å². The number of ether oxygens (including phenoxy) is 1. The Morgan fingerprint density at radius 1 is 1.37 bits per heavy atom. The lowest BCUT2D eigenvalue weighted by molar-refractivity contribution is 0.288. The van der Waals surface area contributed by atoms with Crippen LogP contribution in [-0.4, -0.2) is 40.6 Å². The lowest BCUT2D eigenvalue weighted by atomic mass is 10.3. The first kappa shape index (κ1) is 21.5. The summed E-state index contributed by atoms with van der Waals surface area (Å²) in [4.78, 5) is 11.3. The number of halogens is 1. The van der Waals surface area contributed by atoms with Crippen molar-refractivity contribution in [1.29, 1.82) is 0 Å². The second kappa shape index (κ2) is 10.5. The molecule has 0 radical (unpaired) electrons. The third kappa shape index (κ3) is 6.71. The molecule has 1 aliphatic carbocycles. The summed E-state index contributed by atoms with van der Waals surface area (Å²) in [6.45, 7) is 5.11. The van der Waals surface area contributed by atoms with Crippen LogP contribution in [0.2, 0.25) is 0 Å². The van der Waals surface area contributed by atoms with E-state index in [2.05, 4.69) is 59.1 Å². The van der Waals surface area contributed by atoms with Gasteiger partial charge in [0.15, 0.2) is 5.96 Å². The van der Waals surface area contributed by atoms with Crippen molar-refractivity contribution < 1.29 is 4.74 Å². The lowest BCUT2D eigenvalue weighted by Crippen LogP contribution is -2.38. The Kier molecular flexibility index (Phi) is 8.40. The first-order valence-corrected chi connectivity index (χ1v) is 9.33. The molecular formula is C20H30IN5O. The molecule has 7 heteroatoms. The number of rotatable bonds is 8. The van der Waals surface area contributed by atoms with Gasteiger partial charge < -0.3 is 19.5 Å².